The number of carbonyl (C=O) groups excluding carboxylic acids is 2. The van der Waals surface area contributed by atoms with Crippen LogP contribution in [0.1, 0.15) is 24.3 Å². The van der Waals surface area contributed by atoms with Crippen LogP contribution in [-0.2, 0) is 4.79 Å². The van der Waals surface area contributed by atoms with Gasteiger partial charge in [0.1, 0.15) is 5.69 Å². The van der Waals surface area contributed by atoms with Crippen LogP contribution in [0.3, 0.4) is 0 Å². The maximum absolute atomic E-state index is 11.5. The van der Waals surface area contributed by atoms with Crippen molar-refractivity contribution in [2.24, 2.45) is 0 Å². The predicted molar refractivity (Wildman–Crippen MR) is 60.8 cm³/mol. The molecule has 1 aromatic rings. The zero-order chi connectivity index (χ0) is 12.1. The minimum atomic E-state index is -0.351. The van der Waals surface area contributed by atoms with E-state index in [0.717, 1.165) is 0 Å². The summed E-state index contributed by atoms with van der Waals surface area (Å²) in [5.74, 6) is -0.571. The van der Waals surface area contributed by atoms with Crippen LogP contribution in [-0.4, -0.2) is 29.4 Å². The number of carbonyl (C=O) groups is 2. The van der Waals surface area contributed by atoms with Crippen LogP contribution in [0.15, 0.2) is 12.3 Å². The average molecular weight is 224 g/mol. The number of nitrogens with two attached hydrogens (primary N) is 1. The molecule has 0 aliphatic heterocycles. The van der Waals surface area contributed by atoms with Gasteiger partial charge in [-0.2, -0.15) is 0 Å². The molecular weight excluding hydrogens is 208 g/mol. The van der Waals surface area contributed by atoms with E-state index >= 15 is 0 Å². The van der Waals surface area contributed by atoms with Crippen LogP contribution < -0.4 is 16.4 Å². The highest BCUT2D eigenvalue weighted by molar-refractivity contribution is 5.95. The topological polar surface area (TPSA) is 100 Å². The Balaban J connectivity index is 2.38. The quantitative estimate of drug-likeness (QED) is 0.572. The fraction of sp³-hybridized carbons (Fsp3) is 0.400. The second kappa shape index (κ2) is 5.20. The molecule has 0 aliphatic carbocycles. The van der Waals surface area contributed by atoms with Crippen molar-refractivity contribution in [2.45, 2.75) is 19.9 Å². The molecule has 6 heteroatoms. The Kier molecular flexibility index (Phi) is 3.93. The lowest BCUT2D eigenvalue weighted by Crippen LogP contribution is -2.39. The Morgan fingerprint density at radius 1 is 1.50 bits per heavy atom. The van der Waals surface area contributed by atoms with E-state index in [9.17, 15) is 9.59 Å². The number of aromatic nitrogens is 1. The number of aromatic amines is 1. The molecule has 0 saturated carbocycles. The fourth-order valence-electron chi connectivity index (χ4n) is 1.17. The standard InChI is InChI=1S/C10H16N4O2/c1-6(2)14-9(15)5-13-10(16)8-3-7(11)4-12-8/h3-4,6,12H,5,11H2,1-2H3,(H,13,16)(H,14,15). The van der Waals surface area contributed by atoms with Crippen molar-refractivity contribution in [3.63, 3.8) is 0 Å². The first-order chi connectivity index (χ1) is 7.49. The van der Waals surface area contributed by atoms with Crippen molar-refractivity contribution < 1.29 is 9.59 Å². The number of anilines is 1. The number of amides is 2. The first-order valence-electron chi connectivity index (χ1n) is 5.00. The minimum absolute atomic E-state index is 0.0457. The van der Waals surface area contributed by atoms with Gasteiger partial charge in [-0.15, -0.1) is 0 Å². The largest absolute Gasteiger partial charge is 0.397 e. The SMILES string of the molecule is CC(C)NC(=O)CNC(=O)c1cc(N)c[nH]1. The van der Waals surface area contributed by atoms with Gasteiger partial charge in [0.15, 0.2) is 0 Å². The van der Waals surface area contributed by atoms with E-state index in [2.05, 4.69) is 15.6 Å². The number of hydrogen-bond acceptors (Lipinski definition) is 3. The summed E-state index contributed by atoms with van der Waals surface area (Å²) in [6.07, 6.45) is 1.52. The number of rotatable bonds is 4. The third-order valence-corrected chi connectivity index (χ3v) is 1.81. The molecule has 0 radical (unpaired) electrons. The molecule has 1 heterocycles. The minimum Gasteiger partial charge on any atom is -0.397 e. The average Bonchev–Trinajstić information content (AvgIpc) is 2.60. The van der Waals surface area contributed by atoms with Crippen LogP contribution in [0, 0.1) is 0 Å². The summed E-state index contributed by atoms with van der Waals surface area (Å²) in [4.78, 5) is 25.4. The molecule has 0 fully saturated rings. The third kappa shape index (κ3) is 3.64. The lowest BCUT2D eigenvalue weighted by molar-refractivity contribution is -0.120. The zero-order valence-corrected chi connectivity index (χ0v) is 9.33. The molecule has 2 amide bonds. The highest BCUT2D eigenvalue weighted by Crippen LogP contribution is 2.03. The maximum atomic E-state index is 11.5. The van der Waals surface area contributed by atoms with Gasteiger partial charge >= 0.3 is 0 Å². The number of H-pyrrole nitrogens is 1. The summed E-state index contributed by atoms with van der Waals surface area (Å²) in [5, 5.41) is 5.15. The zero-order valence-electron chi connectivity index (χ0n) is 9.33. The van der Waals surface area contributed by atoms with E-state index in [0.29, 0.717) is 11.4 Å². The Hall–Kier alpha value is -1.98. The molecule has 0 atom stereocenters. The van der Waals surface area contributed by atoms with Gasteiger partial charge in [-0.1, -0.05) is 0 Å². The smallest absolute Gasteiger partial charge is 0.268 e. The molecule has 1 aromatic heterocycles. The Morgan fingerprint density at radius 3 is 2.69 bits per heavy atom. The normalized spacial score (nSPS) is 10.2. The van der Waals surface area contributed by atoms with Gasteiger partial charge in [0.05, 0.1) is 6.54 Å². The molecule has 0 saturated heterocycles. The van der Waals surface area contributed by atoms with Crippen molar-refractivity contribution in [2.75, 3.05) is 12.3 Å². The molecule has 0 unspecified atom stereocenters. The molecule has 5 N–H and O–H groups in total. The fourth-order valence-corrected chi connectivity index (χ4v) is 1.17. The predicted octanol–water partition coefficient (Wildman–Crippen LogP) is -0.149. The number of hydrogen-bond donors (Lipinski definition) is 4. The molecule has 88 valence electrons. The first kappa shape index (κ1) is 12.1. The highest BCUT2D eigenvalue weighted by Gasteiger charge is 2.09. The highest BCUT2D eigenvalue weighted by atomic mass is 16.2. The van der Waals surface area contributed by atoms with E-state index in [1.54, 1.807) is 0 Å². The summed E-state index contributed by atoms with van der Waals surface area (Å²) in [6.45, 7) is 3.66. The van der Waals surface area contributed by atoms with Crippen molar-refractivity contribution in [1.82, 2.24) is 15.6 Å². The number of nitrogens with one attached hydrogen (secondary N) is 3. The number of nitrogen functional groups attached to an aromatic ring is 1. The summed E-state index contributed by atoms with van der Waals surface area (Å²) < 4.78 is 0. The second-order valence-electron chi connectivity index (χ2n) is 3.75. The Bertz CT molecular complexity index is 384. The van der Waals surface area contributed by atoms with Crippen LogP contribution in [0.2, 0.25) is 0 Å². The summed E-state index contributed by atoms with van der Waals surface area (Å²) in [5.41, 5.74) is 6.27. The van der Waals surface area contributed by atoms with Crippen molar-refractivity contribution in [3.05, 3.63) is 18.0 Å². The lowest BCUT2D eigenvalue weighted by atomic mass is 10.3. The first-order valence-corrected chi connectivity index (χ1v) is 5.00. The van der Waals surface area contributed by atoms with E-state index in [-0.39, 0.29) is 24.4 Å². The molecule has 0 bridgehead atoms. The van der Waals surface area contributed by atoms with Crippen LogP contribution in [0.5, 0.6) is 0 Å². The van der Waals surface area contributed by atoms with Gasteiger partial charge in [-0.25, -0.2) is 0 Å². The van der Waals surface area contributed by atoms with Crippen LogP contribution in [0.25, 0.3) is 0 Å². The third-order valence-electron chi connectivity index (χ3n) is 1.81. The summed E-state index contributed by atoms with van der Waals surface area (Å²) >= 11 is 0. The van der Waals surface area contributed by atoms with Crippen LogP contribution in [0.4, 0.5) is 5.69 Å². The Labute approximate surface area is 93.6 Å². The van der Waals surface area contributed by atoms with Crippen molar-refractivity contribution in [1.29, 1.82) is 0 Å². The molecule has 16 heavy (non-hydrogen) atoms. The summed E-state index contributed by atoms with van der Waals surface area (Å²) in [6, 6.07) is 1.57. The molecule has 6 nitrogen and oxygen atoms in total. The van der Waals surface area contributed by atoms with Gasteiger partial charge in [0.2, 0.25) is 5.91 Å². The van der Waals surface area contributed by atoms with E-state index < -0.39 is 0 Å². The van der Waals surface area contributed by atoms with Gasteiger partial charge in [-0.3, -0.25) is 9.59 Å². The van der Waals surface area contributed by atoms with Crippen molar-refractivity contribution in [3.8, 4) is 0 Å². The van der Waals surface area contributed by atoms with Crippen molar-refractivity contribution >= 4 is 17.5 Å². The van der Waals surface area contributed by atoms with Crippen LogP contribution >= 0.6 is 0 Å². The molecule has 0 aromatic carbocycles. The van der Waals surface area contributed by atoms with E-state index in [1.807, 2.05) is 13.8 Å². The molecule has 1 rings (SSSR count). The van der Waals surface area contributed by atoms with E-state index in [4.69, 9.17) is 5.73 Å². The van der Waals surface area contributed by atoms with E-state index in [1.165, 1.54) is 12.3 Å². The van der Waals surface area contributed by atoms with Gasteiger partial charge in [-0.05, 0) is 19.9 Å². The van der Waals surface area contributed by atoms with Gasteiger partial charge in [0, 0.05) is 17.9 Å². The second-order valence-corrected chi connectivity index (χ2v) is 3.75. The van der Waals surface area contributed by atoms with Gasteiger partial charge < -0.3 is 21.4 Å². The monoisotopic (exact) mass is 224 g/mol. The molecular formula is C10H16N4O2. The molecule has 0 aliphatic rings. The van der Waals surface area contributed by atoms with Gasteiger partial charge in [0.25, 0.3) is 5.91 Å². The Morgan fingerprint density at radius 2 is 2.19 bits per heavy atom. The maximum Gasteiger partial charge on any atom is 0.268 e. The lowest BCUT2D eigenvalue weighted by Gasteiger charge is -2.08. The summed E-state index contributed by atoms with van der Waals surface area (Å²) in [7, 11) is 0. The molecule has 0 spiro atoms.